The Bertz CT molecular complexity index is 997. The first-order chi connectivity index (χ1) is 13.8. The number of esters is 2. The molecule has 152 valence electrons. The number of hydrogen-bond donors (Lipinski definition) is 0. The number of thioether (sulfide) groups is 1. The van der Waals surface area contributed by atoms with Gasteiger partial charge in [0.2, 0.25) is 0 Å². The number of amidine groups is 1. The molecule has 1 unspecified atom stereocenters. The summed E-state index contributed by atoms with van der Waals surface area (Å²) in [5.41, 5.74) is 1.63. The number of fused-ring (bicyclic) bond motifs is 1. The molecule has 1 atom stereocenters. The molecular weight excluding hydrogens is 398 g/mol. The van der Waals surface area contributed by atoms with Crippen LogP contribution in [0.5, 0.6) is 0 Å². The van der Waals surface area contributed by atoms with Gasteiger partial charge in [-0.15, -0.1) is 0 Å². The van der Waals surface area contributed by atoms with Crippen LogP contribution >= 0.6 is 11.8 Å². The average molecular weight is 417 g/mol. The molecule has 3 rings (SSSR count). The van der Waals surface area contributed by atoms with Crippen molar-refractivity contribution in [2.45, 2.75) is 26.8 Å². The van der Waals surface area contributed by atoms with Crippen LogP contribution in [0.25, 0.3) is 0 Å². The van der Waals surface area contributed by atoms with Crippen LogP contribution in [0, 0.1) is 10.1 Å². The number of ether oxygens (including phenoxy) is 2. The fraction of sp³-hybridized carbons (Fsp3) is 0.316. The lowest BCUT2D eigenvalue weighted by atomic mass is 9.94. The van der Waals surface area contributed by atoms with Crippen LogP contribution in [0.1, 0.15) is 32.4 Å². The van der Waals surface area contributed by atoms with Gasteiger partial charge in [-0.25, -0.2) is 14.6 Å². The van der Waals surface area contributed by atoms with E-state index in [1.165, 1.54) is 19.2 Å². The summed E-state index contributed by atoms with van der Waals surface area (Å²) in [6.07, 6.45) is 0. The molecule has 2 aliphatic rings. The van der Waals surface area contributed by atoms with E-state index in [0.717, 1.165) is 11.8 Å². The number of rotatable bonds is 5. The van der Waals surface area contributed by atoms with Crippen molar-refractivity contribution in [2.24, 2.45) is 4.99 Å². The Hall–Kier alpha value is -3.14. The molecule has 2 heterocycles. The summed E-state index contributed by atoms with van der Waals surface area (Å²) in [6.45, 7) is 5.33. The van der Waals surface area contributed by atoms with Gasteiger partial charge in [0, 0.05) is 17.8 Å². The minimum Gasteiger partial charge on any atom is -0.466 e. The summed E-state index contributed by atoms with van der Waals surface area (Å²) in [5, 5.41) is 11.8. The van der Waals surface area contributed by atoms with Gasteiger partial charge >= 0.3 is 11.9 Å². The fourth-order valence-electron chi connectivity index (χ4n) is 3.26. The third-order valence-electron chi connectivity index (χ3n) is 4.54. The van der Waals surface area contributed by atoms with E-state index < -0.39 is 22.9 Å². The van der Waals surface area contributed by atoms with Crippen molar-refractivity contribution in [3.05, 3.63) is 61.8 Å². The average Bonchev–Trinajstić information content (AvgIpc) is 3.02. The molecule has 0 fully saturated rings. The smallest absolute Gasteiger partial charge is 0.346 e. The van der Waals surface area contributed by atoms with Crippen molar-refractivity contribution in [2.75, 3.05) is 13.7 Å². The number of nitro groups is 1. The third-order valence-corrected chi connectivity index (χ3v) is 5.67. The highest BCUT2D eigenvalue weighted by atomic mass is 32.2. The summed E-state index contributed by atoms with van der Waals surface area (Å²) in [7, 11) is 1.26. The predicted molar refractivity (Wildman–Crippen MR) is 107 cm³/mol. The molecule has 2 aliphatic heterocycles. The van der Waals surface area contributed by atoms with E-state index in [-0.39, 0.29) is 17.9 Å². The summed E-state index contributed by atoms with van der Waals surface area (Å²) >= 11 is 1.15. The molecule has 0 amide bonds. The van der Waals surface area contributed by atoms with Gasteiger partial charge in [-0.1, -0.05) is 12.1 Å². The van der Waals surface area contributed by atoms with Crippen molar-refractivity contribution >= 4 is 34.6 Å². The number of nitro benzene ring substituents is 1. The molecule has 0 spiro atoms. The molecule has 0 saturated carbocycles. The van der Waals surface area contributed by atoms with Crippen molar-refractivity contribution in [3.63, 3.8) is 0 Å². The zero-order valence-electron chi connectivity index (χ0n) is 16.3. The van der Waals surface area contributed by atoms with Gasteiger partial charge in [-0.2, -0.15) is 0 Å². The van der Waals surface area contributed by atoms with Crippen molar-refractivity contribution in [1.82, 2.24) is 4.90 Å². The first-order valence-electron chi connectivity index (χ1n) is 8.77. The number of aliphatic imine (C=N–C) groups is 1. The molecule has 1 aromatic carbocycles. The van der Waals surface area contributed by atoms with Crippen LogP contribution in [-0.4, -0.2) is 40.6 Å². The van der Waals surface area contributed by atoms with Crippen molar-refractivity contribution in [3.8, 4) is 0 Å². The second-order valence-electron chi connectivity index (χ2n) is 6.25. The minimum atomic E-state index is -0.728. The lowest BCUT2D eigenvalue weighted by Crippen LogP contribution is -2.36. The number of carbonyl (C=O) groups excluding carboxylic acids is 2. The normalized spacial score (nSPS) is 18.4. The summed E-state index contributed by atoms with van der Waals surface area (Å²) in [6, 6.07) is 5.30. The molecule has 0 N–H and O–H groups in total. The van der Waals surface area contributed by atoms with Crippen molar-refractivity contribution < 1.29 is 24.0 Å². The highest BCUT2D eigenvalue weighted by molar-refractivity contribution is 8.18. The minimum absolute atomic E-state index is 0.104. The molecular formula is C19H19N3O6S. The standard InChI is InChI=1S/C19H19N3O6S/c1-5-28-18(24)16-11(3)21-15(12-7-6-8-13(9-12)22(25)26)14(17(23)27-4)10(2)20-19(21)29-16/h6-9,15H,5H2,1-4H3. The Morgan fingerprint density at radius 3 is 2.66 bits per heavy atom. The van der Waals surface area contributed by atoms with Gasteiger partial charge < -0.3 is 14.4 Å². The molecule has 0 radical (unpaired) electrons. The maximum atomic E-state index is 12.6. The summed E-state index contributed by atoms with van der Waals surface area (Å²) in [4.78, 5) is 42.2. The molecule has 0 saturated heterocycles. The van der Waals surface area contributed by atoms with Crippen LogP contribution in [-0.2, 0) is 19.1 Å². The molecule has 29 heavy (non-hydrogen) atoms. The maximum Gasteiger partial charge on any atom is 0.346 e. The van der Waals surface area contributed by atoms with E-state index in [2.05, 4.69) is 4.99 Å². The van der Waals surface area contributed by atoms with Gasteiger partial charge in [0.1, 0.15) is 4.91 Å². The summed E-state index contributed by atoms with van der Waals surface area (Å²) < 4.78 is 10.1. The van der Waals surface area contributed by atoms with Gasteiger partial charge in [0.05, 0.1) is 36.0 Å². The number of hydrogen-bond acceptors (Lipinski definition) is 9. The first kappa shape index (κ1) is 20.6. The maximum absolute atomic E-state index is 12.6. The van der Waals surface area contributed by atoms with Crippen LogP contribution < -0.4 is 0 Å². The number of benzene rings is 1. The van der Waals surface area contributed by atoms with Gasteiger partial charge in [0.15, 0.2) is 5.17 Å². The second-order valence-corrected chi connectivity index (χ2v) is 7.22. The molecule has 10 heteroatoms. The molecule has 0 aromatic heterocycles. The lowest BCUT2D eigenvalue weighted by molar-refractivity contribution is -0.384. The second kappa shape index (κ2) is 8.08. The van der Waals surface area contributed by atoms with Crippen LogP contribution in [0.3, 0.4) is 0 Å². The van der Waals surface area contributed by atoms with Crippen LogP contribution in [0.4, 0.5) is 5.69 Å². The van der Waals surface area contributed by atoms with E-state index in [1.54, 1.807) is 37.8 Å². The Morgan fingerprint density at radius 1 is 1.31 bits per heavy atom. The topological polar surface area (TPSA) is 111 Å². The Balaban J connectivity index is 2.19. The van der Waals surface area contributed by atoms with E-state index in [1.807, 2.05) is 0 Å². The zero-order valence-corrected chi connectivity index (χ0v) is 17.1. The number of carbonyl (C=O) groups is 2. The predicted octanol–water partition coefficient (Wildman–Crippen LogP) is 3.30. The Kier molecular flexibility index (Phi) is 5.73. The van der Waals surface area contributed by atoms with E-state index >= 15 is 0 Å². The molecule has 0 aliphatic carbocycles. The Morgan fingerprint density at radius 2 is 2.03 bits per heavy atom. The molecule has 1 aromatic rings. The van der Waals surface area contributed by atoms with Crippen LogP contribution in [0.2, 0.25) is 0 Å². The largest absolute Gasteiger partial charge is 0.466 e. The lowest BCUT2D eigenvalue weighted by Gasteiger charge is -2.35. The van der Waals surface area contributed by atoms with Gasteiger partial charge in [0.25, 0.3) is 5.69 Å². The molecule has 9 nitrogen and oxygen atoms in total. The van der Waals surface area contributed by atoms with E-state index in [0.29, 0.717) is 27.0 Å². The van der Waals surface area contributed by atoms with Gasteiger partial charge in [-0.05, 0) is 38.1 Å². The zero-order chi connectivity index (χ0) is 21.3. The number of allylic oxidation sites excluding steroid dienone is 2. The highest BCUT2D eigenvalue weighted by Crippen LogP contribution is 2.47. The first-order valence-corrected chi connectivity index (χ1v) is 9.59. The quantitative estimate of drug-likeness (QED) is 0.408. The van der Waals surface area contributed by atoms with Crippen molar-refractivity contribution in [1.29, 1.82) is 0 Å². The third kappa shape index (κ3) is 3.63. The van der Waals surface area contributed by atoms with E-state index in [9.17, 15) is 19.7 Å². The SMILES string of the molecule is CCOC(=O)C1=C(C)N2C(=NC(C)=C(C(=O)OC)C2c2cccc([N+](=O)[O-])c2)S1. The van der Waals surface area contributed by atoms with E-state index in [4.69, 9.17) is 9.47 Å². The van der Waals surface area contributed by atoms with Gasteiger partial charge in [-0.3, -0.25) is 10.1 Å². The number of methoxy groups -OCH3 is 1. The highest BCUT2D eigenvalue weighted by Gasteiger charge is 2.43. The van der Waals surface area contributed by atoms with Crippen LogP contribution in [0.15, 0.2) is 51.1 Å². The monoisotopic (exact) mass is 417 g/mol. The Labute approximate surface area is 171 Å². The fourth-order valence-corrected chi connectivity index (χ4v) is 4.35. The molecule has 0 bridgehead atoms. The number of non-ortho nitro benzene ring substituents is 1. The summed E-state index contributed by atoms with van der Waals surface area (Å²) in [5.74, 6) is -1.08. The number of nitrogens with zero attached hydrogens (tertiary/aromatic N) is 3.